The summed E-state index contributed by atoms with van der Waals surface area (Å²) in [5.41, 5.74) is 2.48. The number of anilines is 1. The summed E-state index contributed by atoms with van der Waals surface area (Å²) in [7, 11) is 0. The number of hydrogen-bond donors (Lipinski definition) is 2. The van der Waals surface area contributed by atoms with E-state index in [-0.39, 0.29) is 0 Å². The lowest BCUT2D eigenvalue weighted by Gasteiger charge is -2.28. The summed E-state index contributed by atoms with van der Waals surface area (Å²) in [4.78, 5) is 0. The summed E-state index contributed by atoms with van der Waals surface area (Å²) in [6.45, 7) is 2.81. The molecule has 2 unspecified atom stereocenters. The van der Waals surface area contributed by atoms with Crippen molar-refractivity contribution in [3.8, 4) is 0 Å². The zero-order valence-electron chi connectivity index (χ0n) is 9.48. The summed E-state index contributed by atoms with van der Waals surface area (Å²) in [6, 6.07) is 0. The highest BCUT2D eigenvalue weighted by Gasteiger charge is 2.22. The lowest BCUT2D eigenvalue weighted by Crippen LogP contribution is -2.25. The fraction of sp³-hybridized carbons (Fsp3) is 0.800. The first kappa shape index (κ1) is 11.8. The van der Waals surface area contributed by atoms with Crippen LogP contribution in [0.15, 0.2) is 0 Å². The van der Waals surface area contributed by atoms with Crippen molar-refractivity contribution in [1.82, 2.24) is 10.2 Å². The van der Waals surface area contributed by atoms with Gasteiger partial charge in [-0.1, -0.05) is 31.1 Å². The first-order valence-corrected chi connectivity index (χ1v) is 6.52. The van der Waals surface area contributed by atoms with Gasteiger partial charge in [-0.2, -0.15) is 0 Å². The van der Waals surface area contributed by atoms with Crippen LogP contribution in [0.4, 0.5) is 5.13 Å². The normalized spacial score (nSPS) is 25.6. The Kier molecular flexibility index (Phi) is 4.09. The molecular weight excluding hydrogens is 224 g/mol. The topological polar surface area (TPSA) is 73.1 Å². The van der Waals surface area contributed by atoms with Gasteiger partial charge in [-0.25, -0.2) is 5.84 Å². The van der Waals surface area contributed by atoms with Gasteiger partial charge in [-0.05, 0) is 18.8 Å². The van der Waals surface area contributed by atoms with Crippen LogP contribution in [0.2, 0.25) is 0 Å². The molecule has 0 aromatic carbocycles. The Hall–Kier alpha value is -0.720. The third kappa shape index (κ3) is 2.90. The van der Waals surface area contributed by atoms with Crippen molar-refractivity contribution in [2.24, 2.45) is 11.8 Å². The number of aromatic nitrogens is 2. The third-order valence-electron chi connectivity index (χ3n) is 3.04. The molecule has 1 heterocycles. The van der Waals surface area contributed by atoms with Crippen molar-refractivity contribution in [2.45, 2.75) is 45.3 Å². The number of nitrogens with one attached hydrogen (secondary N) is 1. The van der Waals surface area contributed by atoms with Crippen LogP contribution >= 0.6 is 11.3 Å². The molecule has 1 aromatic rings. The SMILES string of the molecule is CC1CCCCC1OCc1nnc(NN)s1. The van der Waals surface area contributed by atoms with Crippen LogP contribution < -0.4 is 11.3 Å². The van der Waals surface area contributed by atoms with E-state index in [1.54, 1.807) is 0 Å². The van der Waals surface area contributed by atoms with Crippen LogP contribution in [-0.4, -0.2) is 16.3 Å². The van der Waals surface area contributed by atoms with E-state index in [0.29, 0.717) is 23.8 Å². The minimum absolute atomic E-state index is 0.381. The van der Waals surface area contributed by atoms with Crippen molar-refractivity contribution in [1.29, 1.82) is 0 Å². The zero-order chi connectivity index (χ0) is 11.4. The second-order valence-electron chi connectivity index (χ2n) is 4.26. The van der Waals surface area contributed by atoms with Gasteiger partial charge in [-0.3, -0.25) is 5.43 Å². The number of hydrazine groups is 1. The number of nitrogen functional groups attached to an aromatic ring is 1. The van der Waals surface area contributed by atoms with Crippen LogP contribution in [0.25, 0.3) is 0 Å². The highest BCUT2D eigenvalue weighted by Crippen LogP contribution is 2.27. The summed E-state index contributed by atoms with van der Waals surface area (Å²) in [6.07, 6.45) is 5.44. The number of ether oxygens (including phenoxy) is 1. The quantitative estimate of drug-likeness (QED) is 0.623. The maximum atomic E-state index is 5.88. The Morgan fingerprint density at radius 2 is 2.25 bits per heavy atom. The molecule has 1 aliphatic rings. The van der Waals surface area contributed by atoms with Crippen molar-refractivity contribution in [3.05, 3.63) is 5.01 Å². The highest BCUT2D eigenvalue weighted by molar-refractivity contribution is 7.15. The molecule has 3 N–H and O–H groups in total. The summed E-state index contributed by atoms with van der Waals surface area (Å²) >= 11 is 1.44. The Morgan fingerprint density at radius 1 is 1.44 bits per heavy atom. The van der Waals surface area contributed by atoms with Gasteiger partial charge in [0.15, 0.2) is 0 Å². The molecule has 16 heavy (non-hydrogen) atoms. The monoisotopic (exact) mass is 242 g/mol. The average Bonchev–Trinajstić information content (AvgIpc) is 2.76. The van der Waals surface area contributed by atoms with Gasteiger partial charge < -0.3 is 4.74 Å². The maximum Gasteiger partial charge on any atom is 0.219 e. The third-order valence-corrected chi connectivity index (χ3v) is 3.87. The van der Waals surface area contributed by atoms with Crippen molar-refractivity contribution in [3.63, 3.8) is 0 Å². The van der Waals surface area contributed by atoms with Gasteiger partial charge in [0.2, 0.25) is 5.13 Å². The second-order valence-corrected chi connectivity index (χ2v) is 5.32. The highest BCUT2D eigenvalue weighted by atomic mass is 32.1. The van der Waals surface area contributed by atoms with Gasteiger partial charge in [-0.15, -0.1) is 10.2 Å². The molecule has 90 valence electrons. The molecule has 5 nitrogen and oxygen atoms in total. The standard InChI is InChI=1S/C10H18N4OS/c1-7-4-2-3-5-8(7)15-6-9-13-14-10(12-11)16-9/h7-8H,2-6,11H2,1H3,(H,12,14). The van der Waals surface area contributed by atoms with E-state index in [2.05, 4.69) is 22.5 Å². The summed E-state index contributed by atoms with van der Waals surface area (Å²) in [5.74, 6) is 5.90. The molecule has 0 bridgehead atoms. The summed E-state index contributed by atoms with van der Waals surface area (Å²) in [5, 5.41) is 9.38. The van der Waals surface area contributed by atoms with Gasteiger partial charge in [0, 0.05) is 0 Å². The maximum absolute atomic E-state index is 5.88. The van der Waals surface area contributed by atoms with E-state index in [1.165, 1.54) is 37.0 Å². The first-order chi connectivity index (χ1) is 7.79. The van der Waals surface area contributed by atoms with Crippen LogP contribution in [0, 0.1) is 5.92 Å². The molecule has 1 saturated carbocycles. The molecule has 1 aromatic heterocycles. The van der Waals surface area contributed by atoms with E-state index >= 15 is 0 Å². The van der Waals surface area contributed by atoms with Crippen LogP contribution in [-0.2, 0) is 11.3 Å². The number of nitrogens with zero attached hydrogens (tertiary/aromatic N) is 2. The molecule has 6 heteroatoms. The summed E-state index contributed by atoms with van der Waals surface area (Å²) < 4.78 is 5.88. The molecule has 2 rings (SSSR count). The molecular formula is C10H18N4OS. The Balaban J connectivity index is 1.81. The Labute approximate surface area is 99.4 Å². The van der Waals surface area contributed by atoms with Gasteiger partial charge in [0.1, 0.15) is 11.6 Å². The largest absolute Gasteiger partial charge is 0.371 e. The predicted octanol–water partition coefficient (Wildman–Crippen LogP) is 1.92. The lowest BCUT2D eigenvalue weighted by molar-refractivity contribution is -0.0157. The number of rotatable bonds is 4. The van der Waals surface area contributed by atoms with Gasteiger partial charge in [0.05, 0.1) is 6.10 Å². The molecule has 2 atom stereocenters. The van der Waals surface area contributed by atoms with Crippen molar-refractivity contribution < 1.29 is 4.74 Å². The minimum Gasteiger partial charge on any atom is -0.371 e. The van der Waals surface area contributed by atoms with E-state index in [1.807, 2.05) is 0 Å². The molecule has 0 spiro atoms. The predicted molar refractivity (Wildman–Crippen MR) is 63.9 cm³/mol. The van der Waals surface area contributed by atoms with E-state index < -0.39 is 0 Å². The Bertz CT molecular complexity index is 330. The van der Waals surface area contributed by atoms with E-state index in [0.717, 1.165) is 5.01 Å². The fourth-order valence-electron chi connectivity index (χ4n) is 2.08. The minimum atomic E-state index is 0.381. The lowest BCUT2D eigenvalue weighted by atomic mass is 9.88. The average molecular weight is 242 g/mol. The van der Waals surface area contributed by atoms with Gasteiger partial charge >= 0.3 is 0 Å². The zero-order valence-corrected chi connectivity index (χ0v) is 10.3. The Morgan fingerprint density at radius 3 is 2.94 bits per heavy atom. The van der Waals surface area contributed by atoms with Crippen LogP contribution in [0.1, 0.15) is 37.6 Å². The van der Waals surface area contributed by atoms with E-state index in [9.17, 15) is 0 Å². The number of nitrogens with two attached hydrogens (primary N) is 1. The van der Waals surface area contributed by atoms with Crippen LogP contribution in [0.3, 0.4) is 0 Å². The van der Waals surface area contributed by atoms with Crippen molar-refractivity contribution in [2.75, 3.05) is 5.43 Å². The second kappa shape index (κ2) is 5.56. The molecule has 0 amide bonds. The smallest absolute Gasteiger partial charge is 0.219 e. The molecule has 0 aliphatic heterocycles. The van der Waals surface area contributed by atoms with Crippen LogP contribution in [0.5, 0.6) is 0 Å². The van der Waals surface area contributed by atoms with Gasteiger partial charge in [0.25, 0.3) is 0 Å². The molecule has 1 aliphatic carbocycles. The molecule has 0 radical (unpaired) electrons. The molecule has 0 saturated heterocycles. The van der Waals surface area contributed by atoms with E-state index in [4.69, 9.17) is 10.6 Å². The fourth-order valence-corrected chi connectivity index (χ4v) is 2.65. The number of hydrogen-bond acceptors (Lipinski definition) is 6. The first-order valence-electron chi connectivity index (χ1n) is 5.70. The van der Waals surface area contributed by atoms with Crippen molar-refractivity contribution >= 4 is 16.5 Å². The molecule has 1 fully saturated rings.